The number of nitrogens with zero attached hydrogens (tertiary/aromatic N) is 3. The van der Waals surface area contributed by atoms with E-state index in [0.29, 0.717) is 19.0 Å². The summed E-state index contributed by atoms with van der Waals surface area (Å²) in [6.07, 6.45) is 1.12. The second-order valence-electron chi connectivity index (χ2n) is 8.79. The third-order valence-corrected chi connectivity index (χ3v) is 6.54. The number of β-amino-alcohol motifs (C(OH)–C–C–N with tert-alkyl or cyclic N) is 1. The number of halogens is 1. The molecule has 3 atom stereocenters. The SMILES string of the molecule is CN(C)C1CCN(c2ccc(NC(=O)N3CCC(c4ccc(F)cc4)C(O)C3)cc2)C1. The first-order valence-corrected chi connectivity index (χ1v) is 10.9. The largest absolute Gasteiger partial charge is 0.391 e. The molecule has 6 nitrogen and oxygen atoms in total. The van der Waals surface area contributed by atoms with Crippen LogP contribution in [0.5, 0.6) is 0 Å². The van der Waals surface area contributed by atoms with Crippen LogP contribution >= 0.6 is 0 Å². The molecule has 0 radical (unpaired) electrons. The van der Waals surface area contributed by atoms with Crippen LogP contribution in [-0.4, -0.2) is 73.4 Å². The zero-order valence-corrected chi connectivity index (χ0v) is 18.2. The van der Waals surface area contributed by atoms with Crippen molar-refractivity contribution in [3.63, 3.8) is 0 Å². The van der Waals surface area contributed by atoms with E-state index in [-0.39, 0.29) is 24.3 Å². The van der Waals surface area contributed by atoms with Crippen LogP contribution in [0.4, 0.5) is 20.6 Å². The van der Waals surface area contributed by atoms with E-state index in [1.807, 2.05) is 24.3 Å². The summed E-state index contributed by atoms with van der Waals surface area (Å²) in [5.74, 6) is -0.376. The van der Waals surface area contributed by atoms with E-state index in [1.165, 1.54) is 12.1 Å². The molecule has 0 spiro atoms. The van der Waals surface area contributed by atoms with Gasteiger partial charge >= 0.3 is 6.03 Å². The highest BCUT2D eigenvalue weighted by atomic mass is 19.1. The molecule has 3 unspecified atom stereocenters. The Morgan fingerprint density at radius 2 is 1.74 bits per heavy atom. The number of benzene rings is 2. The van der Waals surface area contributed by atoms with E-state index < -0.39 is 6.10 Å². The molecule has 31 heavy (non-hydrogen) atoms. The number of nitrogens with one attached hydrogen (secondary N) is 1. The number of carbonyl (C=O) groups is 1. The average molecular weight is 427 g/mol. The molecule has 0 aromatic heterocycles. The number of piperidine rings is 1. The zero-order chi connectivity index (χ0) is 22.0. The standard InChI is InChI=1S/C24H31FN4O2/c1-27(2)21-11-13-28(15-21)20-9-7-19(8-10-20)26-24(31)29-14-12-22(23(30)16-29)17-3-5-18(25)6-4-17/h3-10,21-23,30H,11-16H2,1-2H3,(H,26,31). The second-order valence-corrected chi connectivity index (χ2v) is 8.79. The fraction of sp³-hybridized carbons (Fsp3) is 0.458. The molecule has 166 valence electrons. The van der Waals surface area contributed by atoms with Crippen molar-refractivity contribution in [1.82, 2.24) is 9.80 Å². The number of aliphatic hydroxyl groups is 1. The molecule has 2 aromatic rings. The number of urea groups is 1. The Labute approximate surface area is 183 Å². The van der Waals surface area contributed by atoms with E-state index in [4.69, 9.17) is 0 Å². The van der Waals surface area contributed by atoms with Gasteiger partial charge in [-0.05, 0) is 68.9 Å². The average Bonchev–Trinajstić information content (AvgIpc) is 3.26. The molecule has 2 aliphatic rings. The summed E-state index contributed by atoms with van der Waals surface area (Å²) in [6, 6.07) is 14.6. The van der Waals surface area contributed by atoms with Crippen LogP contribution in [0.1, 0.15) is 24.3 Å². The molecule has 2 heterocycles. The van der Waals surface area contributed by atoms with Crippen molar-refractivity contribution >= 4 is 17.4 Å². The number of amides is 2. The molecule has 2 saturated heterocycles. The molecule has 2 aromatic carbocycles. The Morgan fingerprint density at radius 1 is 1.03 bits per heavy atom. The molecule has 7 heteroatoms. The van der Waals surface area contributed by atoms with Crippen molar-refractivity contribution in [2.45, 2.75) is 30.9 Å². The fourth-order valence-electron chi connectivity index (χ4n) is 4.57. The fourth-order valence-corrected chi connectivity index (χ4v) is 4.57. The maximum Gasteiger partial charge on any atom is 0.321 e. The molecule has 0 aliphatic carbocycles. The summed E-state index contributed by atoms with van der Waals surface area (Å²) in [5.41, 5.74) is 2.81. The van der Waals surface area contributed by atoms with Gasteiger partial charge in [-0.2, -0.15) is 0 Å². The Kier molecular flexibility index (Phi) is 6.43. The lowest BCUT2D eigenvalue weighted by atomic mass is 9.87. The lowest BCUT2D eigenvalue weighted by molar-refractivity contribution is 0.0688. The molecule has 2 N–H and O–H groups in total. The normalized spacial score (nSPS) is 24.0. The minimum Gasteiger partial charge on any atom is -0.391 e. The molecular weight excluding hydrogens is 395 g/mol. The summed E-state index contributed by atoms with van der Waals surface area (Å²) in [6.45, 7) is 2.85. The Bertz CT molecular complexity index is 887. The number of aliphatic hydroxyl groups excluding tert-OH is 1. The van der Waals surface area contributed by atoms with Crippen LogP contribution in [0.15, 0.2) is 48.5 Å². The minimum atomic E-state index is -0.674. The van der Waals surface area contributed by atoms with Gasteiger partial charge in [0.15, 0.2) is 0 Å². The van der Waals surface area contributed by atoms with E-state index in [9.17, 15) is 14.3 Å². The predicted octanol–water partition coefficient (Wildman–Crippen LogP) is 3.35. The number of rotatable bonds is 4. The van der Waals surface area contributed by atoms with Gasteiger partial charge in [0.2, 0.25) is 0 Å². The third-order valence-electron chi connectivity index (χ3n) is 6.54. The summed E-state index contributed by atoms with van der Waals surface area (Å²) < 4.78 is 13.2. The molecular formula is C24H31FN4O2. The minimum absolute atomic E-state index is 0.0876. The first-order valence-electron chi connectivity index (χ1n) is 10.9. The van der Waals surface area contributed by atoms with Gasteiger partial charge in [0, 0.05) is 49.5 Å². The maximum absolute atomic E-state index is 13.2. The van der Waals surface area contributed by atoms with E-state index >= 15 is 0 Å². The zero-order valence-electron chi connectivity index (χ0n) is 18.2. The molecule has 2 aliphatic heterocycles. The Balaban J connectivity index is 1.31. The highest BCUT2D eigenvalue weighted by molar-refractivity contribution is 5.89. The maximum atomic E-state index is 13.2. The smallest absolute Gasteiger partial charge is 0.321 e. The molecule has 0 saturated carbocycles. The first-order chi connectivity index (χ1) is 14.9. The van der Waals surface area contributed by atoms with Gasteiger partial charge in [0.25, 0.3) is 0 Å². The molecule has 4 rings (SSSR count). The molecule has 2 amide bonds. The number of hydrogen-bond donors (Lipinski definition) is 2. The van der Waals surface area contributed by atoms with Gasteiger partial charge < -0.3 is 25.1 Å². The van der Waals surface area contributed by atoms with E-state index in [1.54, 1.807) is 17.0 Å². The van der Waals surface area contributed by atoms with Gasteiger partial charge in [-0.3, -0.25) is 0 Å². The lowest BCUT2D eigenvalue weighted by Crippen LogP contribution is -2.47. The van der Waals surface area contributed by atoms with Crippen LogP contribution in [0.2, 0.25) is 0 Å². The number of likely N-dealkylation sites (tertiary alicyclic amines) is 1. The summed E-state index contributed by atoms with van der Waals surface area (Å²) in [5, 5.41) is 13.5. The van der Waals surface area contributed by atoms with E-state index in [2.05, 4.69) is 29.2 Å². The summed E-state index contributed by atoms with van der Waals surface area (Å²) in [4.78, 5) is 19.0. The summed E-state index contributed by atoms with van der Waals surface area (Å²) in [7, 11) is 4.23. The van der Waals surface area contributed by atoms with Crippen LogP contribution in [0.25, 0.3) is 0 Å². The summed E-state index contributed by atoms with van der Waals surface area (Å²) >= 11 is 0. The molecule has 2 fully saturated rings. The predicted molar refractivity (Wildman–Crippen MR) is 121 cm³/mol. The third kappa shape index (κ3) is 4.99. The van der Waals surface area contributed by atoms with Crippen LogP contribution < -0.4 is 10.2 Å². The van der Waals surface area contributed by atoms with Gasteiger partial charge in [-0.15, -0.1) is 0 Å². The van der Waals surface area contributed by atoms with Crippen molar-refractivity contribution < 1.29 is 14.3 Å². The van der Waals surface area contributed by atoms with Gasteiger partial charge in [0.1, 0.15) is 5.82 Å². The Hall–Kier alpha value is -2.64. The van der Waals surface area contributed by atoms with Crippen LogP contribution in [0, 0.1) is 5.82 Å². The van der Waals surface area contributed by atoms with Crippen molar-refractivity contribution in [3.05, 3.63) is 59.9 Å². The van der Waals surface area contributed by atoms with Gasteiger partial charge in [-0.25, -0.2) is 9.18 Å². The number of hydrogen-bond acceptors (Lipinski definition) is 4. The monoisotopic (exact) mass is 426 g/mol. The highest BCUT2D eigenvalue weighted by Gasteiger charge is 2.31. The lowest BCUT2D eigenvalue weighted by Gasteiger charge is -2.36. The van der Waals surface area contributed by atoms with Crippen molar-refractivity contribution in [1.29, 1.82) is 0 Å². The van der Waals surface area contributed by atoms with Crippen LogP contribution in [-0.2, 0) is 0 Å². The quantitative estimate of drug-likeness (QED) is 0.787. The van der Waals surface area contributed by atoms with E-state index in [0.717, 1.165) is 36.4 Å². The number of likely N-dealkylation sites (N-methyl/N-ethyl adjacent to an activating group) is 1. The van der Waals surface area contributed by atoms with Crippen LogP contribution in [0.3, 0.4) is 0 Å². The second kappa shape index (κ2) is 9.24. The Morgan fingerprint density at radius 3 is 2.35 bits per heavy atom. The number of carbonyl (C=O) groups excluding carboxylic acids is 1. The topological polar surface area (TPSA) is 59.0 Å². The van der Waals surface area contributed by atoms with Crippen molar-refractivity contribution in [2.75, 3.05) is 50.5 Å². The van der Waals surface area contributed by atoms with Crippen molar-refractivity contribution in [2.24, 2.45) is 0 Å². The van der Waals surface area contributed by atoms with Crippen molar-refractivity contribution in [3.8, 4) is 0 Å². The van der Waals surface area contributed by atoms with Gasteiger partial charge in [-0.1, -0.05) is 12.1 Å². The molecule has 0 bridgehead atoms. The highest BCUT2D eigenvalue weighted by Crippen LogP contribution is 2.29. The first kappa shape index (κ1) is 21.6. The van der Waals surface area contributed by atoms with Gasteiger partial charge in [0.05, 0.1) is 6.10 Å². The number of anilines is 2.